The fourth-order valence-corrected chi connectivity index (χ4v) is 3.08. The van der Waals surface area contributed by atoms with Crippen LogP contribution in [0.3, 0.4) is 0 Å². The first kappa shape index (κ1) is 18.7. The van der Waals surface area contributed by atoms with Gasteiger partial charge in [0.05, 0.1) is 12.0 Å². The van der Waals surface area contributed by atoms with Crippen molar-refractivity contribution >= 4 is 5.91 Å². The lowest BCUT2D eigenvalue weighted by atomic mass is 10.0. The number of phenols is 1. The third-order valence-corrected chi connectivity index (χ3v) is 4.55. The number of carbonyl (C=O) groups excluding carboxylic acids is 1. The smallest absolute Gasteiger partial charge is 0.226 e. The zero-order chi connectivity index (χ0) is 18.9. The number of para-hydroxylation sites is 1. The fourth-order valence-electron chi connectivity index (χ4n) is 3.08. The molecule has 3 aromatic rings. The van der Waals surface area contributed by atoms with Gasteiger partial charge in [0.1, 0.15) is 18.3 Å². The Morgan fingerprint density at radius 2 is 1.44 bits per heavy atom. The highest BCUT2D eigenvalue weighted by Crippen LogP contribution is 2.23. The Morgan fingerprint density at radius 1 is 0.852 bits per heavy atom. The highest BCUT2D eigenvalue weighted by atomic mass is 16.3. The van der Waals surface area contributed by atoms with E-state index >= 15 is 0 Å². The molecule has 4 N–H and O–H groups in total. The van der Waals surface area contributed by atoms with Crippen LogP contribution in [0.5, 0.6) is 5.75 Å². The molecule has 0 spiro atoms. The van der Waals surface area contributed by atoms with Crippen molar-refractivity contribution in [3.63, 3.8) is 0 Å². The number of phenolic OH excluding ortho intramolecular Hbond substituents is 1. The molecule has 1 amide bonds. The number of aromatic hydroxyl groups is 1. The van der Waals surface area contributed by atoms with Crippen LogP contribution in [0.25, 0.3) is 0 Å². The van der Waals surface area contributed by atoms with Crippen molar-refractivity contribution in [2.24, 2.45) is 0 Å². The molecule has 3 rings (SSSR count). The van der Waals surface area contributed by atoms with Crippen molar-refractivity contribution in [1.29, 1.82) is 0 Å². The van der Waals surface area contributed by atoms with Crippen LogP contribution in [0.1, 0.15) is 29.2 Å². The number of hydrogen-bond acceptors (Lipinski definition) is 2. The third-order valence-electron chi connectivity index (χ3n) is 4.55. The largest absolute Gasteiger partial charge is 0.507 e. The number of nitrogens with two attached hydrogens (primary N) is 1. The average Bonchev–Trinajstić information content (AvgIpc) is 2.72. The number of amides is 1. The lowest BCUT2D eigenvalue weighted by molar-refractivity contribution is -0.710. The minimum Gasteiger partial charge on any atom is -0.507 e. The molecule has 4 nitrogen and oxygen atoms in total. The molecule has 1 atom stereocenters. The molecule has 0 aromatic heterocycles. The van der Waals surface area contributed by atoms with E-state index in [-0.39, 0.29) is 17.7 Å². The third kappa shape index (κ3) is 5.69. The zero-order valence-electron chi connectivity index (χ0n) is 15.2. The number of nitrogens with one attached hydrogen (secondary N) is 1. The van der Waals surface area contributed by atoms with Gasteiger partial charge in [-0.1, -0.05) is 72.8 Å². The van der Waals surface area contributed by atoms with Gasteiger partial charge in [-0.25, -0.2) is 0 Å². The molecule has 0 saturated heterocycles. The van der Waals surface area contributed by atoms with Gasteiger partial charge >= 0.3 is 0 Å². The summed E-state index contributed by atoms with van der Waals surface area (Å²) in [4.78, 5) is 12.5. The summed E-state index contributed by atoms with van der Waals surface area (Å²) >= 11 is 0. The van der Waals surface area contributed by atoms with Crippen molar-refractivity contribution < 1.29 is 15.2 Å². The van der Waals surface area contributed by atoms with Crippen LogP contribution in [0.4, 0.5) is 0 Å². The van der Waals surface area contributed by atoms with Crippen molar-refractivity contribution in [3.05, 3.63) is 102 Å². The number of quaternary nitrogens is 1. The SMILES string of the molecule is O=C(C[C@@H]([NH2+]Cc1ccccc1)c1ccccc1O)NCc1ccccc1. The highest BCUT2D eigenvalue weighted by molar-refractivity contribution is 5.76. The Balaban J connectivity index is 1.65. The maximum Gasteiger partial charge on any atom is 0.226 e. The van der Waals surface area contributed by atoms with Gasteiger partial charge < -0.3 is 15.7 Å². The van der Waals surface area contributed by atoms with E-state index in [0.717, 1.165) is 17.7 Å². The minimum absolute atomic E-state index is 0.0311. The summed E-state index contributed by atoms with van der Waals surface area (Å²) in [5, 5.41) is 15.3. The molecule has 0 fully saturated rings. The first-order valence-corrected chi connectivity index (χ1v) is 9.18. The minimum atomic E-state index is -0.151. The van der Waals surface area contributed by atoms with Crippen LogP contribution in [0.2, 0.25) is 0 Å². The predicted octanol–water partition coefficient (Wildman–Crippen LogP) is 2.90. The van der Waals surface area contributed by atoms with Gasteiger partial charge in [-0.3, -0.25) is 4.79 Å². The van der Waals surface area contributed by atoms with Crippen LogP contribution in [0, 0.1) is 0 Å². The fraction of sp³-hybridized carbons (Fsp3) is 0.174. The summed E-state index contributed by atoms with van der Waals surface area (Å²) in [6, 6.07) is 27.1. The molecule has 0 heterocycles. The number of benzene rings is 3. The summed E-state index contributed by atoms with van der Waals surface area (Å²) in [5.74, 6) is 0.194. The topological polar surface area (TPSA) is 65.9 Å². The number of carbonyl (C=O) groups is 1. The highest BCUT2D eigenvalue weighted by Gasteiger charge is 2.22. The number of hydrogen-bond donors (Lipinski definition) is 3. The van der Waals surface area contributed by atoms with Gasteiger partial charge in [0.2, 0.25) is 5.91 Å². The van der Waals surface area contributed by atoms with E-state index in [9.17, 15) is 9.90 Å². The first-order valence-electron chi connectivity index (χ1n) is 9.18. The molecular weight excluding hydrogens is 336 g/mol. The van der Waals surface area contributed by atoms with Crippen LogP contribution < -0.4 is 10.6 Å². The summed E-state index contributed by atoms with van der Waals surface area (Å²) in [6.07, 6.45) is 0.303. The molecule has 4 heteroatoms. The van der Waals surface area contributed by atoms with Crippen LogP contribution in [-0.4, -0.2) is 11.0 Å². The summed E-state index contributed by atoms with van der Waals surface area (Å²) in [5.41, 5.74) is 3.03. The zero-order valence-corrected chi connectivity index (χ0v) is 15.2. The van der Waals surface area contributed by atoms with E-state index in [4.69, 9.17) is 0 Å². The Bertz CT molecular complexity index is 851. The molecular formula is C23H25N2O2+. The summed E-state index contributed by atoms with van der Waals surface area (Å²) < 4.78 is 0. The number of rotatable bonds is 8. The normalized spacial score (nSPS) is 11.7. The molecule has 138 valence electrons. The Kier molecular flexibility index (Phi) is 6.61. The molecule has 0 radical (unpaired) electrons. The standard InChI is InChI=1S/C23H24N2O2/c26-22-14-8-7-13-20(22)21(24-16-18-9-3-1-4-10-18)15-23(27)25-17-19-11-5-2-6-12-19/h1-14,21,24,26H,15-17H2,(H,25,27)/p+1/t21-/m1/s1. The van der Waals surface area contributed by atoms with E-state index in [1.54, 1.807) is 12.1 Å². The van der Waals surface area contributed by atoms with Gasteiger partial charge in [0, 0.05) is 12.1 Å². The maximum absolute atomic E-state index is 12.5. The van der Waals surface area contributed by atoms with E-state index in [1.807, 2.05) is 60.7 Å². The second-order valence-electron chi connectivity index (χ2n) is 6.56. The van der Waals surface area contributed by atoms with Crippen LogP contribution in [-0.2, 0) is 17.9 Å². The predicted molar refractivity (Wildman–Crippen MR) is 106 cm³/mol. The van der Waals surface area contributed by atoms with Gasteiger partial charge in [-0.2, -0.15) is 0 Å². The van der Waals surface area contributed by atoms with E-state index in [0.29, 0.717) is 13.0 Å². The van der Waals surface area contributed by atoms with Gasteiger partial charge in [-0.05, 0) is 17.7 Å². The molecule has 0 aliphatic heterocycles. The summed E-state index contributed by atoms with van der Waals surface area (Å²) in [7, 11) is 0. The van der Waals surface area contributed by atoms with Crippen molar-refractivity contribution in [2.45, 2.75) is 25.6 Å². The molecule has 0 aliphatic carbocycles. The van der Waals surface area contributed by atoms with E-state index < -0.39 is 0 Å². The quantitative estimate of drug-likeness (QED) is 0.578. The van der Waals surface area contributed by atoms with Gasteiger partial charge in [0.25, 0.3) is 0 Å². The van der Waals surface area contributed by atoms with Crippen molar-refractivity contribution in [3.8, 4) is 5.75 Å². The first-order chi connectivity index (χ1) is 13.2. The monoisotopic (exact) mass is 361 g/mol. The molecule has 0 aliphatic rings. The lowest BCUT2D eigenvalue weighted by Crippen LogP contribution is -2.84. The molecule has 0 bridgehead atoms. The summed E-state index contributed by atoms with van der Waals surface area (Å²) in [6.45, 7) is 1.25. The molecule has 27 heavy (non-hydrogen) atoms. The van der Waals surface area contributed by atoms with Crippen molar-refractivity contribution in [1.82, 2.24) is 5.32 Å². The Morgan fingerprint density at radius 3 is 2.11 bits per heavy atom. The molecule has 0 unspecified atom stereocenters. The second-order valence-corrected chi connectivity index (χ2v) is 6.56. The molecule has 3 aromatic carbocycles. The van der Waals surface area contributed by atoms with Crippen LogP contribution in [0.15, 0.2) is 84.9 Å². The Hall–Kier alpha value is -3.11. The second kappa shape index (κ2) is 9.55. The Labute approximate surface area is 159 Å². The van der Waals surface area contributed by atoms with E-state index in [1.165, 1.54) is 5.56 Å². The molecule has 0 saturated carbocycles. The lowest BCUT2D eigenvalue weighted by Gasteiger charge is -2.17. The average molecular weight is 361 g/mol. The maximum atomic E-state index is 12.5. The van der Waals surface area contributed by atoms with Gasteiger partial charge in [-0.15, -0.1) is 0 Å². The van der Waals surface area contributed by atoms with Gasteiger partial charge in [0.15, 0.2) is 0 Å². The van der Waals surface area contributed by atoms with Crippen LogP contribution >= 0.6 is 0 Å². The van der Waals surface area contributed by atoms with E-state index in [2.05, 4.69) is 22.8 Å². The van der Waals surface area contributed by atoms with Crippen molar-refractivity contribution in [2.75, 3.05) is 0 Å².